The maximum Gasteiger partial charge on any atom is 0.303 e. The van der Waals surface area contributed by atoms with Crippen LogP contribution in [0.3, 0.4) is 0 Å². The fourth-order valence-electron chi connectivity index (χ4n) is 3.95. The first kappa shape index (κ1) is 28.5. The average molecular weight is 522 g/mol. The van der Waals surface area contributed by atoms with E-state index in [4.69, 9.17) is 14.2 Å². The Morgan fingerprint density at radius 2 is 1.81 bits per heavy atom. The van der Waals surface area contributed by atoms with Crippen molar-refractivity contribution in [1.29, 1.82) is 0 Å². The molecule has 2 aromatic carbocycles. The molecule has 1 unspecified atom stereocenters. The van der Waals surface area contributed by atoms with Crippen molar-refractivity contribution < 1.29 is 32.5 Å². The van der Waals surface area contributed by atoms with Crippen molar-refractivity contribution in [1.82, 2.24) is 9.97 Å². The Bertz CT molecular complexity index is 1250. The van der Waals surface area contributed by atoms with Crippen LogP contribution in [0.4, 0.5) is 19.0 Å². The molecule has 0 saturated carbocycles. The standard InChI is InChI=1S/C27H34F3N3O4/c1-8-17(14-35-6)37-23-12-19-21(13-22(23)36-7)32-16(3)33-25(19)31-15(2)18-10-9-11-20(24(18)28)27(29,30)26(4,5)34/h9-13,15,17,34H,8,14H2,1-7H3,(H,31,32,33)/t15-,17?/m1/s1. The van der Waals surface area contributed by atoms with Crippen molar-refractivity contribution in [3.05, 3.63) is 53.1 Å². The number of rotatable bonds is 11. The van der Waals surface area contributed by atoms with Gasteiger partial charge in [-0.2, -0.15) is 8.78 Å². The van der Waals surface area contributed by atoms with E-state index in [1.807, 2.05) is 6.92 Å². The van der Waals surface area contributed by atoms with Gasteiger partial charge in [-0.3, -0.25) is 0 Å². The van der Waals surface area contributed by atoms with Gasteiger partial charge < -0.3 is 24.6 Å². The third-order valence-electron chi connectivity index (χ3n) is 6.15. The third-order valence-corrected chi connectivity index (χ3v) is 6.15. The van der Waals surface area contributed by atoms with Crippen molar-refractivity contribution in [3.8, 4) is 11.5 Å². The van der Waals surface area contributed by atoms with E-state index in [9.17, 15) is 13.9 Å². The van der Waals surface area contributed by atoms with Gasteiger partial charge in [0, 0.05) is 24.1 Å². The van der Waals surface area contributed by atoms with Crippen LogP contribution >= 0.6 is 0 Å². The maximum atomic E-state index is 15.4. The number of nitrogens with zero attached hydrogens (tertiary/aromatic N) is 2. The number of halogens is 3. The van der Waals surface area contributed by atoms with Gasteiger partial charge in [0.1, 0.15) is 29.2 Å². The normalized spacial score (nSPS) is 13.9. The van der Waals surface area contributed by atoms with Gasteiger partial charge in [0.15, 0.2) is 11.5 Å². The number of fused-ring (bicyclic) bond motifs is 1. The molecule has 3 aromatic rings. The zero-order valence-electron chi connectivity index (χ0n) is 22.2. The van der Waals surface area contributed by atoms with Crippen LogP contribution in [0.1, 0.15) is 57.1 Å². The minimum Gasteiger partial charge on any atom is -0.493 e. The van der Waals surface area contributed by atoms with E-state index in [-0.39, 0.29) is 11.7 Å². The predicted octanol–water partition coefficient (Wildman–Crippen LogP) is 5.93. The largest absolute Gasteiger partial charge is 0.493 e. The van der Waals surface area contributed by atoms with E-state index in [0.717, 1.165) is 19.9 Å². The highest BCUT2D eigenvalue weighted by atomic mass is 19.3. The highest BCUT2D eigenvalue weighted by molar-refractivity contribution is 5.92. The van der Waals surface area contributed by atoms with Crippen LogP contribution in [0.5, 0.6) is 11.5 Å². The van der Waals surface area contributed by atoms with Gasteiger partial charge in [-0.1, -0.05) is 19.1 Å². The molecule has 0 saturated heterocycles. The van der Waals surface area contributed by atoms with Crippen LogP contribution in [0.15, 0.2) is 30.3 Å². The molecule has 0 aliphatic carbocycles. The molecule has 0 fully saturated rings. The molecule has 0 spiro atoms. The summed E-state index contributed by atoms with van der Waals surface area (Å²) in [5, 5.41) is 13.7. The van der Waals surface area contributed by atoms with Crippen LogP contribution < -0.4 is 14.8 Å². The second kappa shape index (κ2) is 11.1. The van der Waals surface area contributed by atoms with Crippen LogP contribution in [0.25, 0.3) is 10.9 Å². The second-order valence-corrected chi connectivity index (χ2v) is 9.45. The highest BCUT2D eigenvalue weighted by Crippen LogP contribution is 2.42. The Hall–Kier alpha value is -3.11. The van der Waals surface area contributed by atoms with Crippen molar-refractivity contribution in [2.24, 2.45) is 0 Å². The number of anilines is 1. The van der Waals surface area contributed by atoms with Crippen molar-refractivity contribution >= 4 is 16.7 Å². The lowest BCUT2D eigenvalue weighted by Crippen LogP contribution is -2.41. The molecule has 3 rings (SSSR count). The maximum absolute atomic E-state index is 15.4. The smallest absolute Gasteiger partial charge is 0.303 e. The van der Waals surface area contributed by atoms with Crippen LogP contribution in [0.2, 0.25) is 0 Å². The van der Waals surface area contributed by atoms with Crippen LogP contribution in [-0.4, -0.2) is 47.6 Å². The topological polar surface area (TPSA) is 85.7 Å². The van der Waals surface area contributed by atoms with E-state index < -0.39 is 28.9 Å². The molecule has 0 amide bonds. The number of ether oxygens (including phenoxy) is 3. The predicted molar refractivity (Wildman–Crippen MR) is 136 cm³/mol. The van der Waals surface area contributed by atoms with Gasteiger partial charge in [0.05, 0.1) is 30.8 Å². The second-order valence-electron chi connectivity index (χ2n) is 9.45. The van der Waals surface area contributed by atoms with Gasteiger partial charge in [0.2, 0.25) is 0 Å². The summed E-state index contributed by atoms with van der Waals surface area (Å²) < 4.78 is 61.8. The van der Waals surface area contributed by atoms with Gasteiger partial charge in [-0.05, 0) is 46.2 Å². The molecular formula is C27H34F3N3O4. The lowest BCUT2D eigenvalue weighted by atomic mass is 9.91. The molecule has 0 aliphatic rings. The lowest BCUT2D eigenvalue weighted by molar-refractivity contribution is -0.170. The molecular weight excluding hydrogens is 487 g/mol. The summed E-state index contributed by atoms with van der Waals surface area (Å²) in [7, 11) is 3.12. The third kappa shape index (κ3) is 5.91. The Balaban J connectivity index is 2.05. The SMILES string of the molecule is CCC(COC)Oc1cc2c(N[C@H](C)c3cccc(C(F)(F)C(C)(C)O)c3F)nc(C)nc2cc1OC. The molecule has 0 aliphatic heterocycles. The summed E-state index contributed by atoms with van der Waals surface area (Å²) >= 11 is 0. The number of benzene rings is 2. The summed E-state index contributed by atoms with van der Waals surface area (Å²) in [5.41, 5.74) is -2.76. The Morgan fingerprint density at radius 3 is 2.41 bits per heavy atom. The molecule has 0 bridgehead atoms. The highest BCUT2D eigenvalue weighted by Gasteiger charge is 2.49. The Kier molecular flexibility index (Phi) is 8.54. The number of hydrogen-bond donors (Lipinski definition) is 2. The molecule has 1 heterocycles. The first-order valence-corrected chi connectivity index (χ1v) is 12.0. The molecule has 202 valence electrons. The zero-order chi connectivity index (χ0) is 27.5. The zero-order valence-corrected chi connectivity index (χ0v) is 22.2. The van der Waals surface area contributed by atoms with E-state index in [1.165, 1.54) is 19.2 Å². The fraction of sp³-hybridized carbons (Fsp3) is 0.481. The number of alkyl halides is 2. The molecule has 7 nitrogen and oxygen atoms in total. The summed E-state index contributed by atoms with van der Waals surface area (Å²) in [6.45, 7) is 7.60. The van der Waals surface area contributed by atoms with Crippen LogP contribution in [-0.2, 0) is 10.7 Å². The van der Waals surface area contributed by atoms with Crippen molar-refractivity contribution in [2.75, 3.05) is 26.1 Å². The van der Waals surface area contributed by atoms with Crippen molar-refractivity contribution in [3.63, 3.8) is 0 Å². The summed E-state index contributed by atoms with van der Waals surface area (Å²) in [5.74, 6) is -3.13. The van der Waals surface area contributed by atoms with Gasteiger partial charge in [-0.15, -0.1) is 0 Å². The van der Waals surface area contributed by atoms with E-state index in [2.05, 4.69) is 15.3 Å². The first-order valence-electron chi connectivity index (χ1n) is 12.0. The summed E-state index contributed by atoms with van der Waals surface area (Å²) in [6, 6.07) is 6.44. The molecule has 2 N–H and O–H groups in total. The van der Waals surface area contributed by atoms with E-state index in [0.29, 0.717) is 47.1 Å². The minimum atomic E-state index is -3.80. The van der Waals surface area contributed by atoms with Crippen LogP contribution in [0, 0.1) is 12.7 Å². The first-order chi connectivity index (χ1) is 17.3. The fourth-order valence-corrected chi connectivity index (χ4v) is 3.95. The number of nitrogens with one attached hydrogen (secondary N) is 1. The molecule has 10 heteroatoms. The number of aryl methyl sites for hydroxylation is 1. The number of methoxy groups -OCH3 is 2. The van der Waals surface area contributed by atoms with Gasteiger partial charge in [-0.25, -0.2) is 14.4 Å². The monoisotopic (exact) mass is 521 g/mol. The lowest BCUT2D eigenvalue weighted by Gasteiger charge is -2.30. The summed E-state index contributed by atoms with van der Waals surface area (Å²) in [4.78, 5) is 8.97. The quantitative estimate of drug-likeness (QED) is 0.324. The molecule has 37 heavy (non-hydrogen) atoms. The Morgan fingerprint density at radius 1 is 1.11 bits per heavy atom. The molecule has 2 atom stereocenters. The molecule has 1 aromatic heterocycles. The van der Waals surface area contributed by atoms with Crippen molar-refractivity contribution in [2.45, 2.75) is 64.7 Å². The molecule has 0 radical (unpaired) electrons. The van der Waals surface area contributed by atoms with Gasteiger partial charge >= 0.3 is 5.92 Å². The van der Waals surface area contributed by atoms with Gasteiger partial charge in [0.25, 0.3) is 0 Å². The number of aliphatic hydroxyl groups is 1. The average Bonchev–Trinajstić information content (AvgIpc) is 2.82. The number of hydrogen-bond acceptors (Lipinski definition) is 7. The summed E-state index contributed by atoms with van der Waals surface area (Å²) in [6.07, 6.45) is 0.485. The van der Waals surface area contributed by atoms with E-state index >= 15 is 4.39 Å². The number of aromatic nitrogens is 2. The minimum absolute atomic E-state index is 0.00182. The van der Waals surface area contributed by atoms with E-state index in [1.54, 1.807) is 33.1 Å². The Labute approximate surface area is 215 Å².